The molecule has 1 atom stereocenters. The highest BCUT2D eigenvalue weighted by Gasteiger charge is 2.32. The number of alkyl halides is 3. The SMILES string of the molecule is CCC(CN)c1ncc(C(F)(F)F)cc1Cl.Cl.Cl. The van der Waals surface area contributed by atoms with E-state index in [9.17, 15) is 13.2 Å². The highest BCUT2D eigenvalue weighted by molar-refractivity contribution is 6.31. The van der Waals surface area contributed by atoms with Crippen LogP contribution in [-0.2, 0) is 6.18 Å². The molecule has 0 aromatic carbocycles. The van der Waals surface area contributed by atoms with Gasteiger partial charge in [0.05, 0.1) is 16.3 Å². The van der Waals surface area contributed by atoms with Gasteiger partial charge in [0.1, 0.15) is 0 Å². The predicted molar refractivity (Wildman–Crippen MR) is 70.8 cm³/mol. The van der Waals surface area contributed by atoms with E-state index in [1.807, 2.05) is 6.92 Å². The van der Waals surface area contributed by atoms with Crippen molar-refractivity contribution in [1.29, 1.82) is 0 Å². The molecule has 0 aliphatic carbocycles. The van der Waals surface area contributed by atoms with Gasteiger partial charge in [0.2, 0.25) is 0 Å². The Morgan fingerprint density at radius 3 is 2.28 bits per heavy atom. The summed E-state index contributed by atoms with van der Waals surface area (Å²) >= 11 is 5.77. The summed E-state index contributed by atoms with van der Waals surface area (Å²) in [4.78, 5) is 3.75. The number of nitrogens with zero attached hydrogens (tertiary/aromatic N) is 1. The Morgan fingerprint density at radius 2 is 1.94 bits per heavy atom. The van der Waals surface area contributed by atoms with Gasteiger partial charge in [-0.25, -0.2) is 0 Å². The van der Waals surface area contributed by atoms with Crippen LogP contribution in [0.25, 0.3) is 0 Å². The average Bonchev–Trinajstić information content (AvgIpc) is 2.20. The maximum atomic E-state index is 12.3. The molecule has 0 spiro atoms. The molecule has 1 aromatic rings. The van der Waals surface area contributed by atoms with Crippen LogP contribution in [0.1, 0.15) is 30.5 Å². The topological polar surface area (TPSA) is 38.9 Å². The zero-order chi connectivity index (χ0) is 12.3. The summed E-state index contributed by atoms with van der Waals surface area (Å²) in [6.45, 7) is 2.20. The molecule has 0 saturated heterocycles. The first kappa shape index (κ1) is 20.1. The summed E-state index contributed by atoms with van der Waals surface area (Å²) in [6, 6.07) is 0.891. The van der Waals surface area contributed by atoms with Gasteiger partial charge in [0.15, 0.2) is 0 Å². The smallest absolute Gasteiger partial charge is 0.330 e. The predicted octanol–water partition coefficient (Wildman–Crippen LogP) is 4.05. The molecule has 0 radical (unpaired) electrons. The first-order chi connectivity index (χ1) is 7.40. The molecule has 0 fully saturated rings. The van der Waals surface area contributed by atoms with E-state index < -0.39 is 11.7 Å². The van der Waals surface area contributed by atoms with Gasteiger partial charge in [-0.05, 0) is 12.5 Å². The van der Waals surface area contributed by atoms with E-state index in [1.165, 1.54) is 0 Å². The van der Waals surface area contributed by atoms with E-state index in [1.54, 1.807) is 0 Å². The van der Waals surface area contributed by atoms with E-state index in [0.717, 1.165) is 12.3 Å². The van der Waals surface area contributed by atoms with E-state index >= 15 is 0 Å². The highest BCUT2D eigenvalue weighted by Crippen LogP contribution is 2.33. The fraction of sp³-hybridized carbons (Fsp3) is 0.500. The Morgan fingerprint density at radius 1 is 1.39 bits per heavy atom. The van der Waals surface area contributed by atoms with Crippen LogP contribution in [0.3, 0.4) is 0 Å². The Hall–Kier alpha value is -0.230. The van der Waals surface area contributed by atoms with Crippen molar-refractivity contribution in [1.82, 2.24) is 4.98 Å². The molecule has 0 bridgehead atoms. The number of pyridine rings is 1. The summed E-state index contributed by atoms with van der Waals surface area (Å²) in [5.41, 5.74) is 5.08. The van der Waals surface area contributed by atoms with Crippen LogP contribution in [0.5, 0.6) is 0 Å². The number of hydrogen-bond acceptors (Lipinski definition) is 2. The van der Waals surface area contributed by atoms with Crippen LogP contribution >= 0.6 is 36.4 Å². The summed E-state index contributed by atoms with van der Waals surface area (Å²) in [6.07, 6.45) is -2.94. The number of aromatic nitrogens is 1. The highest BCUT2D eigenvalue weighted by atomic mass is 35.5. The number of halogens is 6. The quantitative estimate of drug-likeness (QED) is 0.910. The molecule has 0 saturated carbocycles. The molecule has 106 valence electrons. The fourth-order valence-corrected chi connectivity index (χ4v) is 1.70. The zero-order valence-corrected chi connectivity index (χ0v) is 11.9. The summed E-state index contributed by atoms with van der Waals surface area (Å²) in [7, 11) is 0. The molecule has 0 aliphatic rings. The third-order valence-corrected chi connectivity index (χ3v) is 2.66. The van der Waals surface area contributed by atoms with Gasteiger partial charge < -0.3 is 5.73 Å². The van der Waals surface area contributed by atoms with Crippen LogP contribution in [0, 0.1) is 0 Å². The van der Waals surface area contributed by atoms with Crippen LogP contribution in [0.4, 0.5) is 13.2 Å². The summed E-state index contributed by atoms with van der Waals surface area (Å²) in [5, 5.41) is 0.0205. The molecule has 0 amide bonds. The van der Waals surface area contributed by atoms with Gasteiger partial charge in [-0.15, -0.1) is 24.8 Å². The molecule has 1 unspecified atom stereocenters. The largest absolute Gasteiger partial charge is 0.417 e. The number of hydrogen-bond donors (Lipinski definition) is 1. The van der Waals surface area contributed by atoms with Gasteiger partial charge in [-0.3, -0.25) is 4.98 Å². The van der Waals surface area contributed by atoms with Crippen molar-refractivity contribution in [3.8, 4) is 0 Å². The molecule has 1 heterocycles. The lowest BCUT2D eigenvalue weighted by atomic mass is 10.0. The second-order valence-corrected chi connectivity index (χ2v) is 3.84. The Labute approximate surface area is 121 Å². The molecule has 18 heavy (non-hydrogen) atoms. The van der Waals surface area contributed by atoms with Crippen molar-refractivity contribution in [3.63, 3.8) is 0 Å². The van der Waals surface area contributed by atoms with Crippen molar-refractivity contribution in [3.05, 3.63) is 28.5 Å². The second kappa shape index (κ2) is 8.04. The van der Waals surface area contributed by atoms with Crippen LogP contribution in [-0.4, -0.2) is 11.5 Å². The molecular weight excluding hydrogens is 311 g/mol. The maximum absolute atomic E-state index is 12.3. The number of rotatable bonds is 3. The molecule has 1 aromatic heterocycles. The molecular formula is C10H14Cl3F3N2. The second-order valence-electron chi connectivity index (χ2n) is 3.43. The minimum Gasteiger partial charge on any atom is -0.330 e. The first-order valence-electron chi connectivity index (χ1n) is 4.82. The lowest BCUT2D eigenvalue weighted by Gasteiger charge is -2.14. The third-order valence-electron chi connectivity index (χ3n) is 2.36. The molecule has 8 heteroatoms. The van der Waals surface area contributed by atoms with Gasteiger partial charge >= 0.3 is 6.18 Å². The maximum Gasteiger partial charge on any atom is 0.417 e. The Balaban J connectivity index is 0. The number of nitrogens with two attached hydrogens (primary N) is 1. The van der Waals surface area contributed by atoms with Gasteiger partial charge in [0.25, 0.3) is 0 Å². The van der Waals surface area contributed by atoms with Crippen molar-refractivity contribution >= 4 is 36.4 Å². The molecule has 1 rings (SSSR count). The van der Waals surface area contributed by atoms with Crippen LogP contribution < -0.4 is 5.73 Å². The Kier molecular flexibility index (Phi) is 8.98. The van der Waals surface area contributed by atoms with E-state index in [-0.39, 0.29) is 35.8 Å². The van der Waals surface area contributed by atoms with Gasteiger partial charge in [-0.2, -0.15) is 13.2 Å². The van der Waals surface area contributed by atoms with E-state index in [2.05, 4.69) is 4.98 Å². The minimum atomic E-state index is -4.42. The molecule has 2 N–H and O–H groups in total. The third kappa shape index (κ3) is 4.80. The van der Waals surface area contributed by atoms with Gasteiger partial charge in [0, 0.05) is 18.7 Å². The minimum absolute atomic E-state index is 0. The monoisotopic (exact) mass is 324 g/mol. The lowest BCUT2D eigenvalue weighted by molar-refractivity contribution is -0.137. The summed E-state index contributed by atoms with van der Waals surface area (Å²) < 4.78 is 37.0. The van der Waals surface area contributed by atoms with E-state index in [4.69, 9.17) is 17.3 Å². The van der Waals surface area contributed by atoms with Crippen molar-refractivity contribution in [2.75, 3.05) is 6.54 Å². The van der Waals surface area contributed by atoms with Crippen molar-refractivity contribution in [2.45, 2.75) is 25.4 Å². The van der Waals surface area contributed by atoms with Crippen molar-refractivity contribution in [2.24, 2.45) is 5.73 Å². The van der Waals surface area contributed by atoms with Crippen molar-refractivity contribution < 1.29 is 13.2 Å². The molecule has 2 nitrogen and oxygen atoms in total. The Bertz CT molecular complexity index is 368. The van der Waals surface area contributed by atoms with Crippen LogP contribution in [0.15, 0.2) is 12.3 Å². The van der Waals surface area contributed by atoms with Gasteiger partial charge in [-0.1, -0.05) is 18.5 Å². The summed E-state index contributed by atoms with van der Waals surface area (Å²) in [5.74, 6) is -0.102. The average molecular weight is 326 g/mol. The van der Waals surface area contributed by atoms with Crippen LogP contribution in [0.2, 0.25) is 5.02 Å². The first-order valence-corrected chi connectivity index (χ1v) is 5.20. The zero-order valence-electron chi connectivity index (χ0n) is 9.50. The van der Waals surface area contributed by atoms with E-state index in [0.29, 0.717) is 18.7 Å². The standard InChI is InChI=1S/C10H12ClF3N2.2ClH/c1-2-6(4-15)9-8(11)3-7(5-16-9)10(12,13)14;;/h3,5-6H,2,4,15H2,1H3;2*1H. The molecule has 0 aliphatic heterocycles. The lowest BCUT2D eigenvalue weighted by Crippen LogP contribution is -2.14. The normalized spacial score (nSPS) is 12.3. The fourth-order valence-electron chi connectivity index (χ4n) is 1.38.